The minimum Gasteiger partial charge on any atom is -0.394 e. The Balaban J connectivity index is 1.97. The van der Waals surface area contributed by atoms with Gasteiger partial charge in [0.15, 0.2) is 0 Å². The largest absolute Gasteiger partial charge is 0.394 e. The molecule has 0 aliphatic rings. The SMILES string of the molecule is O=C(Nc1ccccc1)N[C@H](CO)c1ccccc1. The van der Waals surface area contributed by atoms with Crippen LogP contribution in [-0.4, -0.2) is 17.7 Å². The number of carbonyl (C=O) groups excluding carboxylic acids is 1. The maximum atomic E-state index is 11.8. The van der Waals surface area contributed by atoms with Crippen LogP contribution in [0.2, 0.25) is 0 Å². The van der Waals surface area contributed by atoms with Crippen molar-refractivity contribution in [3.05, 3.63) is 66.2 Å². The first-order valence-corrected chi connectivity index (χ1v) is 6.08. The highest BCUT2D eigenvalue weighted by Gasteiger charge is 2.12. The predicted octanol–water partition coefficient (Wildman–Crippen LogP) is 2.54. The summed E-state index contributed by atoms with van der Waals surface area (Å²) in [6, 6.07) is 17.8. The molecule has 0 aromatic heterocycles. The van der Waals surface area contributed by atoms with Crippen molar-refractivity contribution >= 4 is 11.7 Å². The van der Waals surface area contributed by atoms with E-state index in [0.29, 0.717) is 5.69 Å². The van der Waals surface area contributed by atoms with E-state index in [4.69, 9.17) is 0 Å². The third-order valence-electron chi connectivity index (χ3n) is 2.72. The van der Waals surface area contributed by atoms with E-state index in [1.54, 1.807) is 12.1 Å². The zero-order valence-corrected chi connectivity index (χ0v) is 10.4. The van der Waals surface area contributed by atoms with E-state index in [-0.39, 0.29) is 12.6 Å². The van der Waals surface area contributed by atoms with Crippen LogP contribution in [0.15, 0.2) is 60.7 Å². The van der Waals surface area contributed by atoms with Gasteiger partial charge in [-0.05, 0) is 17.7 Å². The lowest BCUT2D eigenvalue weighted by atomic mass is 10.1. The number of anilines is 1. The minimum atomic E-state index is -0.412. The van der Waals surface area contributed by atoms with Crippen molar-refractivity contribution in [3.63, 3.8) is 0 Å². The molecule has 3 N–H and O–H groups in total. The van der Waals surface area contributed by atoms with Gasteiger partial charge in [0, 0.05) is 5.69 Å². The molecule has 0 aliphatic carbocycles. The maximum Gasteiger partial charge on any atom is 0.319 e. The molecule has 0 saturated carbocycles. The first-order valence-electron chi connectivity index (χ1n) is 6.08. The van der Waals surface area contributed by atoms with Gasteiger partial charge in [0.05, 0.1) is 12.6 Å². The Labute approximate surface area is 112 Å². The summed E-state index contributed by atoms with van der Waals surface area (Å²) >= 11 is 0. The molecule has 2 amide bonds. The maximum absolute atomic E-state index is 11.8. The molecule has 19 heavy (non-hydrogen) atoms. The average Bonchev–Trinajstić information content (AvgIpc) is 2.47. The normalized spacial score (nSPS) is 11.6. The Bertz CT molecular complexity index is 514. The summed E-state index contributed by atoms with van der Waals surface area (Å²) in [5, 5.41) is 14.8. The first kappa shape index (κ1) is 13.1. The van der Waals surface area contributed by atoms with Crippen molar-refractivity contribution in [1.82, 2.24) is 5.32 Å². The summed E-state index contributed by atoms with van der Waals surface area (Å²) in [5.41, 5.74) is 1.58. The minimum absolute atomic E-state index is 0.147. The van der Waals surface area contributed by atoms with Crippen molar-refractivity contribution in [2.45, 2.75) is 6.04 Å². The summed E-state index contributed by atoms with van der Waals surface area (Å²) in [6.45, 7) is -0.147. The molecule has 2 rings (SSSR count). The van der Waals surface area contributed by atoms with Gasteiger partial charge in [-0.15, -0.1) is 0 Å². The van der Waals surface area contributed by atoms with Gasteiger partial charge in [-0.25, -0.2) is 4.79 Å². The van der Waals surface area contributed by atoms with Crippen LogP contribution < -0.4 is 10.6 Å². The molecule has 4 heteroatoms. The molecule has 2 aromatic carbocycles. The molecule has 4 nitrogen and oxygen atoms in total. The average molecular weight is 256 g/mol. The number of urea groups is 1. The molecule has 98 valence electrons. The summed E-state index contributed by atoms with van der Waals surface area (Å²) in [4.78, 5) is 11.8. The van der Waals surface area contributed by atoms with E-state index in [0.717, 1.165) is 5.56 Å². The summed E-state index contributed by atoms with van der Waals surface area (Å²) in [7, 11) is 0. The fraction of sp³-hybridized carbons (Fsp3) is 0.133. The Morgan fingerprint density at radius 2 is 1.58 bits per heavy atom. The number of hydrogen-bond donors (Lipinski definition) is 3. The van der Waals surface area contributed by atoms with Gasteiger partial charge in [-0.1, -0.05) is 48.5 Å². The lowest BCUT2D eigenvalue weighted by Gasteiger charge is -2.17. The van der Waals surface area contributed by atoms with Crippen molar-refractivity contribution in [3.8, 4) is 0 Å². The molecule has 1 atom stereocenters. The standard InChI is InChI=1S/C15H16N2O2/c18-11-14(12-7-3-1-4-8-12)17-15(19)16-13-9-5-2-6-10-13/h1-10,14,18H,11H2,(H2,16,17,19)/t14-/m1/s1. The first-order chi connectivity index (χ1) is 9.29. The van der Waals surface area contributed by atoms with Gasteiger partial charge in [0.1, 0.15) is 0 Å². The fourth-order valence-corrected chi connectivity index (χ4v) is 1.77. The van der Waals surface area contributed by atoms with Crippen molar-refractivity contribution in [1.29, 1.82) is 0 Å². The van der Waals surface area contributed by atoms with E-state index in [2.05, 4.69) is 10.6 Å². The molecule has 2 aromatic rings. The van der Waals surface area contributed by atoms with Crippen LogP contribution in [0.1, 0.15) is 11.6 Å². The number of aliphatic hydroxyl groups is 1. The Morgan fingerprint density at radius 1 is 1.00 bits per heavy atom. The topological polar surface area (TPSA) is 61.4 Å². The van der Waals surface area contributed by atoms with E-state index < -0.39 is 6.04 Å². The van der Waals surface area contributed by atoms with Gasteiger partial charge >= 0.3 is 6.03 Å². The van der Waals surface area contributed by atoms with E-state index >= 15 is 0 Å². The van der Waals surface area contributed by atoms with Gasteiger partial charge in [-0.3, -0.25) is 0 Å². The molecule has 0 heterocycles. The molecule has 0 fully saturated rings. The van der Waals surface area contributed by atoms with Crippen LogP contribution in [0.3, 0.4) is 0 Å². The van der Waals surface area contributed by atoms with E-state index in [9.17, 15) is 9.90 Å². The highest BCUT2D eigenvalue weighted by molar-refractivity contribution is 5.89. The molecule has 0 unspecified atom stereocenters. The number of hydrogen-bond acceptors (Lipinski definition) is 2. The molecule has 0 spiro atoms. The Kier molecular flexibility index (Phi) is 4.53. The molecule has 0 bridgehead atoms. The second-order valence-electron chi connectivity index (χ2n) is 4.11. The van der Waals surface area contributed by atoms with Crippen LogP contribution in [0.25, 0.3) is 0 Å². The van der Waals surface area contributed by atoms with Crippen molar-refractivity contribution < 1.29 is 9.90 Å². The second-order valence-corrected chi connectivity index (χ2v) is 4.11. The number of aliphatic hydroxyl groups excluding tert-OH is 1. The third kappa shape index (κ3) is 3.82. The van der Waals surface area contributed by atoms with Gasteiger partial charge in [0.25, 0.3) is 0 Å². The molecule has 0 saturated heterocycles. The summed E-state index contributed by atoms with van der Waals surface area (Å²) < 4.78 is 0. The molecule has 0 radical (unpaired) electrons. The molecular weight excluding hydrogens is 240 g/mol. The smallest absolute Gasteiger partial charge is 0.319 e. The van der Waals surface area contributed by atoms with Crippen LogP contribution in [0, 0.1) is 0 Å². The third-order valence-corrected chi connectivity index (χ3v) is 2.72. The second kappa shape index (κ2) is 6.56. The highest BCUT2D eigenvalue weighted by Crippen LogP contribution is 2.12. The lowest BCUT2D eigenvalue weighted by Crippen LogP contribution is -2.34. The van der Waals surface area contributed by atoms with Crippen LogP contribution in [0.4, 0.5) is 10.5 Å². The van der Waals surface area contributed by atoms with Crippen LogP contribution in [0.5, 0.6) is 0 Å². The quantitative estimate of drug-likeness (QED) is 0.787. The van der Waals surface area contributed by atoms with Gasteiger partial charge in [-0.2, -0.15) is 0 Å². The fourth-order valence-electron chi connectivity index (χ4n) is 1.77. The van der Waals surface area contributed by atoms with E-state index in [1.165, 1.54) is 0 Å². The lowest BCUT2D eigenvalue weighted by molar-refractivity contribution is 0.225. The zero-order valence-electron chi connectivity index (χ0n) is 10.4. The summed E-state index contributed by atoms with van der Waals surface area (Å²) in [6.07, 6.45) is 0. The highest BCUT2D eigenvalue weighted by atomic mass is 16.3. The number of benzene rings is 2. The summed E-state index contributed by atoms with van der Waals surface area (Å²) in [5.74, 6) is 0. The number of rotatable bonds is 4. The Hall–Kier alpha value is -2.33. The zero-order chi connectivity index (χ0) is 13.5. The predicted molar refractivity (Wildman–Crippen MR) is 74.9 cm³/mol. The van der Waals surface area contributed by atoms with Crippen molar-refractivity contribution in [2.75, 3.05) is 11.9 Å². The molecule has 0 aliphatic heterocycles. The van der Waals surface area contributed by atoms with E-state index in [1.807, 2.05) is 48.5 Å². The monoisotopic (exact) mass is 256 g/mol. The van der Waals surface area contributed by atoms with Crippen LogP contribution >= 0.6 is 0 Å². The van der Waals surface area contributed by atoms with Gasteiger partial charge in [0.2, 0.25) is 0 Å². The molecular formula is C15H16N2O2. The number of amides is 2. The van der Waals surface area contributed by atoms with Crippen molar-refractivity contribution in [2.24, 2.45) is 0 Å². The number of para-hydroxylation sites is 1. The number of nitrogens with one attached hydrogen (secondary N) is 2. The van der Waals surface area contributed by atoms with Gasteiger partial charge < -0.3 is 15.7 Å². The Morgan fingerprint density at radius 3 is 2.16 bits per heavy atom. The van der Waals surface area contributed by atoms with Crippen LogP contribution in [-0.2, 0) is 0 Å². The number of carbonyl (C=O) groups is 1.